The fraction of sp³-hybridized carbons (Fsp3) is 0.364. The molecule has 0 heterocycles. The van der Waals surface area contributed by atoms with Crippen LogP contribution < -0.4 is 5.32 Å². The molecule has 0 aliphatic carbocycles. The third kappa shape index (κ3) is 6.34. The van der Waals surface area contributed by atoms with Crippen molar-refractivity contribution in [3.8, 4) is 0 Å². The van der Waals surface area contributed by atoms with Gasteiger partial charge in [-0.15, -0.1) is 0 Å². The normalized spacial score (nSPS) is 12.4. The van der Waals surface area contributed by atoms with E-state index in [4.69, 9.17) is 11.6 Å². The second-order valence-electron chi connectivity index (χ2n) is 7.83. The second kappa shape index (κ2) is 9.20. The zero-order valence-corrected chi connectivity index (χ0v) is 17.4. The lowest BCUT2D eigenvalue weighted by atomic mass is 10.1. The number of nitrogens with one attached hydrogen (secondary N) is 1. The summed E-state index contributed by atoms with van der Waals surface area (Å²) in [5, 5.41) is 3.44. The molecular formula is C22H26ClFN2O2. The van der Waals surface area contributed by atoms with Gasteiger partial charge in [-0.1, -0.05) is 41.9 Å². The molecule has 0 fully saturated rings. The summed E-state index contributed by atoms with van der Waals surface area (Å²) >= 11 is 6.26. The Balaban J connectivity index is 2.26. The van der Waals surface area contributed by atoms with Gasteiger partial charge >= 0.3 is 0 Å². The molecule has 0 saturated heterocycles. The van der Waals surface area contributed by atoms with Gasteiger partial charge in [0, 0.05) is 17.1 Å². The van der Waals surface area contributed by atoms with Crippen molar-refractivity contribution < 1.29 is 14.0 Å². The van der Waals surface area contributed by atoms with Crippen LogP contribution in [-0.4, -0.2) is 28.3 Å². The van der Waals surface area contributed by atoms with Crippen LogP contribution in [0.3, 0.4) is 0 Å². The lowest BCUT2D eigenvalue weighted by Crippen LogP contribution is -2.52. The van der Waals surface area contributed by atoms with E-state index in [9.17, 15) is 14.0 Å². The molecule has 6 heteroatoms. The molecule has 0 bridgehead atoms. The maximum Gasteiger partial charge on any atom is 0.242 e. The van der Waals surface area contributed by atoms with Crippen molar-refractivity contribution >= 4 is 23.4 Å². The van der Waals surface area contributed by atoms with E-state index >= 15 is 0 Å². The van der Waals surface area contributed by atoms with Crippen molar-refractivity contribution in [2.75, 3.05) is 0 Å². The molecule has 0 saturated carbocycles. The predicted molar refractivity (Wildman–Crippen MR) is 109 cm³/mol. The van der Waals surface area contributed by atoms with Crippen molar-refractivity contribution in [1.29, 1.82) is 0 Å². The Hall–Kier alpha value is -2.40. The molecule has 0 aliphatic rings. The van der Waals surface area contributed by atoms with Gasteiger partial charge in [0.2, 0.25) is 11.8 Å². The van der Waals surface area contributed by atoms with Gasteiger partial charge in [-0.25, -0.2) is 4.39 Å². The highest BCUT2D eigenvalue weighted by Crippen LogP contribution is 2.20. The van der Waals surface area contributed by atoms with Crippen LogP contribution in [0.4, 0.5) is 4.39 Å². The molecule has 150 valence electrons. The SMILES string of the molecule is CC(C(=O)NC(C)(C)C)N(Cc1ccccc1Cl)C(=O)Cc1ccc(F)cc1. The van der Waals surface area contributed by atoms with Gasteiger partial charge in [-0.05, 0) is 57.0 Å². The maximum absolute atomic E-state index is 13.1. The number of hydrogen-bond donors (Lipinski definition) is 1. The van der Waals surface area contributed by atoms with Crippen LogP contribution in [0.25, 0.3) is 0 Å². The number of carbonyl (C=O) groups is 2. The highest BCUT2D eigenvalue weighted by molar-refractivity contribution is 6.31. The fourth-order valence-electron chi connectivity index (χ4n) is 2.75. The minimum atomic E-state index is -0.691. The third-order valence-electron chi connectivity index (χ3n) is 4.23. The molecule has 1 N–H and O–H groups in total. The van der Waals surface area contributed by atoms with Crippen LogP contribution in [0.1, 0.15) is 38.8 Å². The summed E-state index contributed by atoms with van der Waals surface area (Å²) in [6.45, 7) is 7.56. The van der Waals surface area contributed by atoms with Crippen LogP contribution in [0.2, 0.25) is 5.02 Å². The van der Waals surface area contributed by atoms with E-state index in [0.717, 1.165) is 5.56 Å². The van der Waals surface area contributed by atoms with Crippen molar-refractivity contribution in [3.05, 3.63) is 70.5 Å². The highest BCUT2D eigenvalue weighted by atomic mass is 35.5. The largest absolute Gasteiger partial charge is 0.350 e. The van der Waals surface area contributed by atoms with E-state index in [1.165, 1.54) is 17.0 Å². The zero-order valence-electron chi connectivity index (χ0n) is 16.6. The highest BCUT2D eigenvalue weighted by Gasteiger charge is 2.28. The standard InChI is InChI=1S/C22H26ClFN2O2/c1-15(21(28)25-22(2,3)4)26(14-17-7-5-6-8-19(17)23)20(27)13-16-9-11-18(24)12-10-16/h5-12,15H,13-14H2,1-4H3,(H,25,28). The lowest BCUT2D eigenvalue weighted by Gasteiger charge is -2.31. The van der Waals surface area contributed by atoms with E-state index in [0.29, 0.717) is 10.6 Å². The van der Waals surface area contributed by atoms with E-state index in [1.54, 1.807) is 25.1 Å². The second-order valence-corrected chi connectivity index (χ2v) is 8.24. The Morgan fingerprint density at radius 3 is 2.29 bits per heavy atom. The average Bonchev–Trinajstić information content (AvgIpc) is 2.61. The Kier molecular flexibility index (Phi) is 7.19. The van der Waals surface area contributed by atoms with Gasteiger partial charge in [0.1, 0.15) is 11.9 Å². The van der Waals surface area contributed by atoms with Crippen molar-refractivity contribution in [2.24, 2.45) is 0 Å². The summed E-state index contributed by atoms with van der Waals surface area (Å²) in [6.07, 6.45) is 0.0673. The summed E-state index contributed by atoms with van der Waals surface area (Å²) < 4.78 is 13.1. The first-order valence-electron chi connectivity index (χ1n) is 9.16. The van der Waals surface area contributed by atoms with Gasteiger partial charge < -0.3 is 10.2 Å². The molecule has 0 radical (unpaired) electrons. The smallest absolute Gasteiger partial charge is 0.242 e. The maximum atomic E-state index is 13.1. The molecule has 2 aromatic rings. The monoisotopic (exact) mass is 404 g/mol. The number of rotatable bonds is 6. The predicted octanol–water partition coefficient (Wildman–Crippen LogP) is 4.35. The topological polar surface area (TPSA) is 49.4 Å². The first-order chi connectivity index (χ1) is 13.1. The molecule has 0 aromatic heterocycles. The quantitative estimate of drug-likeness (QED) is 0.777. The molecule has 2 amide bonds. The van der Waals surface area contributed by atoms with Gasteiger partial charge in [-0.3, -0.25) is 9.59 Å². The number of carbonyl (C=O) groups excluding carboxylic acids is 2. The van der Waals surface area contributed by atoms with Gasteiger partial charge in [-0.2, -0.15) is 0 Å². The molecule has 1 unspecified atom stereocenters. The molecule has 0 aliphatic heterocycles. The van der Waals surface area contributed by atoms with Crippen molar-refractivity contribution in [2.45, 2.75) is 52.2 Å². The zero-order chi connectivity index (χ0) is 20.9. The summed E-state index contributed by atoms with van der Waals surface area (Å²) in [5.41, 5.74) is 1.02. The number of hydrogen-bond acceptors (Lipinski definition) is 2. The van der Waals surface area contributed by atoms with Crippen LogP contribution in [-0.2, 0) is 22.6 Å². The first-order valence-corrected chi connectivity index (χ1v) is 9.54. The molecule has 2 aromatic carbocycles. The third-order valence-corrected chi connectivity index (χ3v) is 4.60. The Bertz CT molecular complexity index is 831. The molecule has 28 heavy (non-hydrogen) atoms. The first kappa shape index (κ1) is 21.9. The van der Waals surface area contributed by atoms with E-state index < -0.39 is 11.6 Å². The van der Waals surface area contributed by atoms with Crippen LogP contribution in [0.5, 0.6) is 0 Å². The Morgan fingerprint density at radius 2 is 1.71 bits per heavy atom. The molecule has 1 atom stereocenters. The number of benzene rings is 2. The lowest BCUT2D eigenvalue weighted by molar-refractivity contribution is -0.140. The number of halogens is 2. The summed E-state index contributed by atoms with van der Waals surface area (Å²) in [5.74, 6) is -0.836. The van der Waals surface area contributed by atoms with Gasteiger partial charge in [0.25, 0.3) is 0 Å². The minimum absolute atomic E-state index is 0.0673. The van der Waals surface area contributed by atoms with Gasteiger partial charge in [0.05, 0.1) is 6.42 Å². The molecular weight excluding hydrogens is 379 g/mol. The fourth-order valence-corrected chi connectivity index (χ4v) is 2.94. The van der Waals surface area contributed by atoms with Crippen molar-refractivity contribution in [3.63, 3.8) is 0 Å². The number of amides is 2. The van der Waals surface area contributed by atoms with Crippen LogP contribution >= 0.6 is 11.6 Å². The van der Waals surface area contributed by atoms with E-state index in [2.05, 4.69) is 5.32 Å². The van der Waals surface area contributed by atoms with E-state index in [1.807, 2.05) is 39.0 Å². The Morgan fingerprint density at radius 1 is 1.11 bits per heavy atom. The van der Waals surface area contributed by atoms with Crippen LogP contribution in [0, 0.1) is 5.82 Å². The molecule has 2 rings (SSSR count). The van der Waals surface area contributed by atoms with Crippen LogP contribution in [0.15, 0.2) is 48.5 Å². The summed E-state index contributed by atoms with van der Waals surface area (Å²) in [4.78, 5) is 27.2. The summed E-state index contributed by atoms with van der Waals surface area (Å²) in [6, 6.07) is 12.3. The van der Waals surface area contributed by atoms with Crippen molar-refractivity contribution in [1.82, 2.24) is 10.2 Å². The molecule has 0 spiro atoms. The summed E-state index contributed by atoms with van der Waals surface area (Å²) in [7, 11) is 0. The van der Waals surface area contributed by atoms with E-state index in [-0.39, 0.29) is 30.6 Å². The average molecular weight is 405 g/mol. The molecule has 4 nitrogen and oxygen atoms in total. The minimum Gasteiger partial charge on any atom is -0.350 e. The van der Waals surface area contributed by atoms with Gasteiger partial charge in [0.15, 0.2) is 0 Å². The number of nitrogens with zero attached hydrogens (tertiary/aromatic N) is 1. The Labute approximate surface area is 170 Å².